The lowest BCUT2D eigenvalue weighted by Gasteiger charge is -2.17. The summed E-state index contributed by atoms with van der Waals surface area (Å²) < 4.78 is 60.1. The summed E-state index contributed by atoms with van der Waals surface area (Å²) >= 11 is 0. The van der Waals surface area contributed by atoms with E-state index < -0.39 is 23.6 Å². The summed E-state index contributed by atoms with van der Waals surface area (Å²) in [6, 6.07) is 10.8. The summed E-state index contributed by atoms with van der Waals surface area (Å²) in [6.45, 7) is 4.33. The van der Waals surface area contributed by atoms with Crippen molar-refractivity contribution in [2.24, 2.45) is 27.9 Å². The van der Waals surface area contributed by atoms with Crippen LogP contribution in [0.3, 0.4) is 0 Å². The van der Waals surface area contributed by atoms with Crippen LogP contribution >= 0.6 is 0 Å². The molecule has 16 heteroatoms. The highest BCUT2D eigenvalue weighted by Crippen LogP contribution is 2.35. The van der Waals surface area contributed by atoms with Gasteiger partial charge >= 0.3 is 12.1 Å². The summed E-state index contributed by atoms with van der Waals surface area (Å²) in [4.78, 5) is 35.9. The molecule has 0 amide bonds. The normalized spacial score (nSPS) is 13.6. The van der Waals surface area contributed by atoms with Crippen molar-refractivity contribution in [3.8, 4) is 22.7 Å². The average molecular weight is 702 g/mol. The summed E-state index contributed by atoms with van der Waals surface area (Å²) in [5.74, 6) is -2.27. The lowest BCUT2D eigenvalue weighted by atomic mass is 10.0. The maximum absolute atomic E-state index is 15.4. The highest BCUT2D eigenvalue weighted by atomic mass is 19.4. The van der Waals surface area contributed by atoms with Crippen molar-refractivity contribution < 1.29 is 27.1 Å². The number of carbonyl (C=O) groups excluding carboxylic acids is 1. The second kappa shape index (κ2) is 16.7. The van der Waals surface area contributed by atoms with Crippen LogP contribution < -0.4 is 38.7 Å². The Labute approximate surface area is 286 Å². The van der Waals surface area contributed by atoms with E-state index in [0.29, 0.717) is 55.3 Å². The Morgan fingerprint density at radius 2 is 1.82 bits per heavy atom. The highest BCUT2D eigenvalue weighted by Gasteiger charge is 2.33. The maximum Gasteiger partial charge on any atom is 0.573 e. The molecular weight excluding hydrogens is 658 g/mol. The molecule has 12 nitrogen and oxygen atoms in total. The number of carbonyl (C=O) groups is 1. The lowest BCUT2D eigenvalue weighted by molar-refractivity contribution is -0.275. The molecule has 2 aromatic carbocycles. The number of hydrogen-bond donors (Lipinski definition) is 6. The minimum Gasteiger partial charge on any atom is -0.403 e. The van der Waals surface area contributed by atoms with Crippen molar-refractivity contribution >= 4 is 22.8 Å². The van der Waals surface area contributed by atoms with Crippen molar-refractivity contribution in [2.45, 2.75) is 76.9 Å². The number of nitrogens with one attached hydrogen (secondary N) is 2. The molecule has 3 atom stereocenters. The Balaban J connectivity index is 1.52. The molecule has 10 N–H and O–H groups in total. The molecule has 2 aromatic heterocycles. The van der Waals surface area contributed by atoms with Gasteiger partial charge in [0, 0.05) is 35.7 Å². The molecule has 0 spiro atoms. The van der Waals surface area contributed by atoms with Gasteiger partial charge in [-0.25, -0.2) is 9.18 Å². The predicted octanol–water partition coefficient (Wildman–Crippen LogP) is 4.08. The Bertz CT molecular complexity index is 1850. The topological polar surface area (TPSA) is 205 Å². The zero-order valence-electron chi connectivity index (χ0n) is 27.9. The van der Waals surface area contributed by atoms with Gasteiger partial charge in [-0.2, -0.15) is 4.98 Å². The van der Waals surface area contributed by atoms with Gasteiger partial charge in [0.05, 0.1) is 24.0 Å². The number of benzene rings is 2. The molecule has 4 rings (SSSR count). The first-order valence-electron chi connectivity index (χ1n) is 16.2. The number of aromatic amines is 1. The van der Waals surface area contributed by atoms with Crippen LogP contribution in [0.4, 0.5) is 17.6 Å². The summed E-state index contributed by atoms with van der Waals surface area (Å²) in [6.07, 6.45) is -0.646. The molecule has 0 saturated carbocycles. The number of aryl methyl sites for hydroxylation is 1. The van der Waals surface area contributed by atoms with Crippen LogP contribution in [0, 0.1) is 5.82 Å². The standard InChI is InChI=1S/C34H43F4N9O3/c1-19(40)4-3-5-21-14-27(30(35)29(15-21)50-34(36,37)38)28-16-23-18-47(33(49)46-31(23)45-28)25-9-6-22(7-10-25)20(2)43-13-12-24(44-32(41)42)8-11-26(48)17-39/h6-7,9-10,14-16,18-20,24,43H,3-5,8,11-13,17,39-40H2,1-2H3,(H4,41,42,44)(H,45,46,49)/t19-,20-,24-/m0/s1. The molecule has 270 valence electrons. The number of guanidine groups is 1. The highest BCUT2D eigenvalue weighted by molar-refractivity contribution is 5.83. The first kappa shape index (κ1) is 38.0. The van der Waals surface area contributed by atoms with Gasteiger partial charge in [-0.05, 0) is 94.0 Å². The monoisotopic (exact) mass is 701 g/mol. The van der Waals surface area contributed by atoms with Crippen molar-refractivity contribution in [3.63, 3.8) is 0 Å². The largest absolute Gasteiger partial charge is 0.573 e. The fourth-order valence-electron chi connectivity index (χ4n) is 5.57. The second-order valence-electron chi connectivity index (χ2n) is 12.3. The smallest absolute Gasteiger partial charge is 0.403 e. The number of nitrogens with two attached hydrogens (primary N) is 4. The van der Waals surface area contributed by atoms with Gasteiger partial charge in [0.1, 0.15) is 11.4 Å². The van der Waals surface area contributed by atoms with Crippen LogP contribution in [0.1, 0.15) is 63.1 Å². The summed E-state index contributed by atoms with van der Waals surface area (Å²) in [7, 11) is 0. The van der Waals surface area contributed by atoms with Gasteiger partial charge in [-0.1, -0.05) is 12.1 Å². The average Bonchev–Trinajstić information content (AvgIpc) is 3.45. The number of rotatable bonds is 17. The van der Waals surface area contributed by atoms with Gasteiger partial charge in [0.25, 0.3) is 0 Å². The molecule has 4 aromatic rings. The fourth-order valence-corrected chi connectivity index (χ4v) is 5.57. The molecule has 0 unspecified atom stereocenters. The molecule has 50 heavy (non-hydrogen) atoms. The number of hydrogen-bond acceptors (Lipinski definition) is 8. The van der Waals surface area contributed by atoms with Crippen molar-refractivity contribution in [2.75, 3.05) is 13.1 Å². The van der Waals surface area contributed by atoms with E-state index in [2.05, 4.69) is 25.0 Å². The zero-order valence-corrected chi connectivity index (χ0v) is 27.9. The van der Waals surface area contributed by atoms with E-state index in [1.165, 1.54) is 22.9 Å². The maximum atomic E-state index is 15.4. The van der Waals surface area contributed by atoms with Crippen LogP contribution in [0.2, 0.25) is 0 Å². The molecule has 0 radical (unpaired) electrons. The van der Waals surface area contributed by atoms with Crippen LogP contribution in [0.5, 0.6) is 5.75 Å². The third kappa shape index (κ3) is 10.6. The number of halogens is 4. The van der Waals surface area contributed by atoms with Crippen molar-refractivity contribution in [1.29, 1.82) is 0 Å². The number of ketones is 1. The van der Waals surface area contributed by atoms with Gasteiger partial charge in [-0.3, -0.25) is 14.4 Å². The Kier molecular flexibility index (Phi) is 12.7. The van der Waals surface area contributed by atoms with Crippen LogP contribution in [0.15, 0.2) is 58.4 Å². The number of alkyl halides is 3. The van der Waals surface area contributed by atoms with E-state index in [4.69, 9.17) is 22.9 Å². The zero-order chi connectivity index (χ0) is 36.6. The van der Waals surface area contributed by atoms with Crippen LogP contribution in [0.25, 0.3) is 28.0 Å². The Hall–Kier alpha value is -4.80. The fraction of sp³-hybridized carbons (Fsp3) is 0.412. The van der Waals surface area contributed by atoms with Crippen LogP contribution in [-0.4, -0.2) is 57.8 Å². The molecule has 0 aliphatic carbocycles. The van der Waals surface area contributed by atoms with E-state index in [-0.39, 0.29) is 59.7 Å². The molecular formula is C34H43F4N9O3. The van der Waals surface area contributed by atoms with E-state index >= 15 is 4.39 Å². The van der Waals surface area contributed by atoms with E-state index in [9.17, 15) is 22.8 Å². The number of ether oxygens (including phenoxy) is 1. The number of aliphatic imine (C=N–C) groups is 1. The Morgan fingerprint density at radius 1 is 1.10 bits per heavy atom. The summed E-state index contributed by atoms with van der Waals surface area (Å²) in [5.41, 5.74) is 23.7. The van der Waals surface area contributed by atoms with Gasteiger partial charge in [-0.15, -0.1) is 13.2 Å². The molecule has 0 aliphatic rings. The molecule has 0 aliphatic heterocycles. The number of fused-ring (bicyclic) bond motifs is 1. The first-order valence-corrected chi connectivity index (χ1v) is 16.2. The lowest BCUT2D eigenvalue weighted by Crippen LogP contribution is -2.28. The minimum absolute atomic E-state index is 0.0305. The molecule has 0 bridgehead atoms. The van der Waals surface area contributed by atoms with Crippen molar-refractivity contribution in [3.05, 3.63) is 76.1 Å². The number of Topliss-reactive ketones (excluding diaryl/α,β-unsaturated/α-hetero) is 1. The quantitative estimate of drug-likeness (QED) is 0.0532. The number of aromatic nitrogens is 3. The molecule has 0 fully saturated rings. The minimum atomic E-state index is -5.10. The van der Waals surface area contributed by atoms with Gasteiger partial charge < -0.3 is 38.0 Å². The molecule has 2 heterocycles. The number of nitrogens with zero attached hydrogens (tertiary/aromatic N) is 3. The van der Waals surface area contributed by atoms with E-state index in [1.54, 1.807) is 12.1 Å². The third-order valence-corrected chi connectivity index (χ3v) is 8.16. The summed E-state index contributed by atoms with van der Waals surface area (Å²) in [5, 5.41) is 3.84. The predicted molar refractivity (Wildman–Crippen MR) is 184 cm³/mol. The van der Waals surface area contributed by atoms with Crippen LogP contribution in [-0.2, 0) is 11.2 Å². The second-order valence-corrected chi connectivity index (χ2v) is 12.3. The van der Waals surface area contributed by atoms with E-state index in [0.717, 1.165) is 11.6 Å². The SMILES string of the molecule is C[C@H](N)CCCc1cc(OC(F)(F)F)c(F)c(-c2cc3cn(-c4ccc([C@H](C)NCC[C@H](CCC(=O)CN)N=C(N)N)cc4)c(=O)nc3[nH]2)c1. The Morgan fingerprint density at radius 3 is 2.46 bits per heavy atom. The van der Waals surface area contributed by atoms with Gasteiger partial charge in [0.2, 0.25) is 0 Å². The third-order valence-electron chi connectivity index (χ3n) is 8.16. The molecule has 0 saturated heterocycles. The first-order chi connectivity index (χ1) is 23.6. The number of H-pyrrole nitrogens is 1. The van der Waals surface area contributed by atoms with E-state index in [1.807, 2.05) is 26.0 Å². The van der Waals surface area contributed by atoms with Gasteiger partial charge in [0.15, 0.2) is 17.5 Å². The van der Waals surface area contributed by atoms with Crippen molar-refractivity contribution in [1.82, 2.24) is 19.9 Å².